The van der Waals surface area contributed by atoms with Crippen molar-refractivity contribution in [2.24, 2.45) is 0 Å². The molecule has 1 fully saturated rings. The van der Waals surface area contributed by atoms with Crippen molar-refractivity contribution in [3.05, 3.63) is 41.7 Å². The molecule has 20 heavy (non-hydrogen) atoms. The second-order valence-electron chi connectivity index (χ2n) is 5.46. The fourth-order valence-corrected chi connectivity index (χ4v) is 2.93. The van der Waals surface area contributed by atoms with Crippen LogP contribution < -0.4 is 0 Å². The molecule has 1 aliphatic rings. The van der Waals surface area contributed by atoms with Crippen LogP contribution in [0.5, 0.6) is 0 Å². The molecule has 0 bridgehead atoms. The van der Waals surface area contributed by atoms with Crippen molar-refractivity contribution in [2.45, 2.75) is 44.9 Å². The summed E-state index contributed by atoms with van der Waals surface area (Å²) in [4.78, 5) is 2.36. The Kier molecular flexibility index (Phi) is 3.89. The van der Waals surface area contributed by atoms with Crippen LogP contribution in [-0.2, 0) is 6.54 Å². The molecule has 5 nitrogen and oxygen atoms in total. The molecular formula is C15H20N2O3. The highest BCUT2D eigenvalue weighted by atomic mass is 16.5. The Morgan fingerprint density at radius 3 is 3.15 bits per heavy atom. The SMILES string of the molecule is Cc1cc(CN2CCCC2CC(O)c2ccco2)no1. The van der Waals surface area contributed by atoms with E-state index in [0.29, 0.717) is 18.2 Å². The monoisotopic (exact) mass is 276 g/mol. The highest BCUT2D eigenvalue weighted by Crippen LogP contribution is 2.28. The minimum atomic E-state index is -0.533. The van der Waals surface area contributed by atoms with E-state index in [4.69, 9.17) is 8.94 Å². The molecule has 0 aromatic carbocycles. The summed E-state index contributed by atoms with van der Waals surface area (Å²) < 4.78 is 10.4. The number of hydrogen-bond donors (Lipinski definition) is 1. The van der Waals surface area contributed by atoms with E-state index < -0.39 is 6.10 Å². The zero-order valence-electron chi connectivity index (χ0n) is 11.7. The third-order valence-corrected chi connectivity index (χ3v) is 3.91. The van der Waals surface area contributed by atoms with Crippen LogP contribution in [-0.4, -0.2) is 27.7 Å². The molecule has 0 radical (unpaired) electrons. The second-order valence-corrected chi connectivity index (χ2v) is 5.46. The summed E-state index contributed by atoms with van der Waals surface area (Å²) in [5, 5.41) is 14.2. The first-order chi connectivity index (χ1) is 9.72. The molecule has 1 aliphatic heterocycles. The van der Waals surface area contributed by atoms with Crippen molar-refractivity contribution < 1.29 is 14.0 Å². The normalized spacial score (nSPS) is 21.4. The Morgan fingerprint density at radius 1 is 1.55 bits per heavy atom. The predicted octanol–water partition coefficient (Wildman–Crippen LogP) is 2.66. The summed E-state index contributed by atoms with van der Waals surface area (Å²) >= 11 is 0. The fourth-order valence-electron chi connectivity index (χ4n) is 2.93. The van der Waals surface area contributed by atoms with Gasteiger partial charge in [0, 0.05) is 18.7 Å². The largest absolute Gasteiger partial charge is 0.467 e. The van der Waals surface area contributed by atoms with Crippen molar-refractivity contribution in [2.75, 3.05) is 6.54 Å². The number of nitrogens with zero attached hydrogens (tertiary/aromatic N) is 2. The molecule has 3 rings (SSSR count). The third kappa shape index (κ3) is 2.94. The van der Waals surface area contributed by atoms with E-state index in [9.17, 15) is 5.11 Å². The van der Waals surface area contributed by atoms with Crippen LogP contribution in [0.1, 0.15) is 42.6 Å². The zero-order valence-corrected chi connectivity index (χ0v) is 11.7. The van der Waals surface area contributed by atoms with Crippen LogP contribution in [0.3, 0.4) is 0 Å². The molecule has 0 spiro atoms. The molecule has 1 saturated heterocycles. The van der Waals surface area contributed by atoms with Crippen LogP contribution in [0.2, 0.25) is 0 Å². The summed E-state index contributed by atoms with van der Waals surface area (Å²) in [7, 11) is 0. The lowest BCUT2D eigenvalue weighted by molar-refractivity contribution is 0.0987. The van der Waals surface area contributed by atoms with Crippen molar-refractivity contribution in [3.8, 4) is 0 Å². The number of aliphatic hydroxyl groups excluding tert-OH is 1. The lowest BCUT2D eigenvalue weighted by atomic mass is 10.1. The highest BCUT2D eigenvalue weighted by molar-refractivity contribution is 5.05. The van der Waals surface area contributed by atoms with E-state index >= 15 is 0 Å². The fraction of sp³-hybridized carbons (Fsp3) is 0.533. The van der Waals surface area contributed by atoms with E-state index in [2.05, 4.69) is 10.1 Å². The van der Waals surface area contributed by atoms with Crippen molar-refractivity contribution in [1.29, 1.82) is 0 Å². The van der Waals surface area contributed by atoms with Gasteiger partial charge in [-0.25, -0.2) is 0 Å². The lowest BCUT2D eigenvalue weighted by Crippen LogP contribution is -2.30. The Balaban J connectivity index is 1.60. The van der Waals surface area contributed by atoms with Gasteiger partial charge < -0.3 is 14.0 Å². The molecule has 5 heteroatoms. The smallest absolute Gasteiger partial charge is 0.133 e. The first-order valence-electron chi connectivity index (χ1n) is 7.10. The van der Waals surface area contributed by atoms with Crippen molar-refractivity contribution >= 4 is 0 Å². The summed E-state index contributed by atoms with van der Waals surface area (Å²) in [5.74, 6) is 1.49. The van der Waals surface area contributed by atoms with E-state index in [1.165, 1.54) is 0 Å². The van der Waals surface area contributed by atoms with Crippen LogP contribution >= 0.6 is 0 Å². The second kappa shape index (κ2) is 5.81. The molecule has 108 valence electrons. The Bertz CT molecular complexity index is 535. The summed E-state index contributed by atoms with van der Waals surface area (Å²) in [6.07, 6.45) is 4.03. The maximum Gasteiger partial charge on any atom is 0.133 e. The predicted molar refractivity (Wildman–Crippen MR) is 73.0 cm³/mol. The van der Waals surface area contributed by atoms with Gasteiger partial charge in [-0.3, -0.25) is 4.90 Å². The maximum atomic E-state index is 10.2. The number of rotatable bonds is 5. The van der Waals surface area contributed by atoms with E-state index in [-0.39, 0.29) is 0 Å². The van der Waals surface area contributed by atoms with Gasteiger partial charge in [0.15, 0.2) is 0 Å². The minimum absolute atomic E-state index is 0.368. The summed E-state index contributed by atoms with van der Waals surface area (Å²) in [5.41, 5.74) is 0.960. The van der Waals surface area contributed by atoms with Gasteiger partial charge in [-0.15, -0.1) is 0 Å². The number of hydrogen-bond acceptors (Lipinski definition) is 5. The Morgan fingerprint density at radius 2 is 2.45 bits per heavy atom. The topological polar surface area (TPSA) is 62.6 Å². The van der Waals surface area contributed by atoms with Crippen molar-refractivity contribution in [1.82, 2.24) is 10.1 Å². The van der Waals surface area contributed by atoms with Crippen LogP contribution in [0.25, 0.3) is 0 Å². The molecule has 0 aliphatic carbocycles. The van der Waals surface area contributed by atoms with Crippen LogP contribution in [0.4, 0.5) is 0 Å². The molecule has 0 saturated carbocycles. The molecular weight excluding hydrogens is 256 g/mol. The van der Waals surface area contributed by atoms with Gasteiger partial charge in [-0.2, -0.15) is 0 Å². The average Bonchev–Trinajstić information content (AvgIpc) is 3.13. The minimum Gasteiger partial charge on any atom is -0.467 e. The quantitative estimate of drug-likeness (QED) is 0.909. The molecule has 3 heterocycles. The van der Waals surface area contributed by atoms with Crippen LogP contribution in [0.15, 0.2) is 33.4 Å². The maximum absolute atomic E-state index is 10.2. The van der Waals surface area contributed by atoms with Gasteiger partial charge in [0.05, 0.1) is 12.0 Å². The van der Waals surface area contributed by atoms with Gasteiger partial charge in [-0.1, -0.05) is 5.16 Å². The first kappa shape index (κ1) is 13.4. The molecule has 2 aromatic rings. The number of aromatic nitrogens is 1. The lowest BCUT2D eigenvalue weighted by Gasteiger charge is -2.24. The van der Waals surface area contributed by atoms with Gasteiger partial charge >= 0.3 is 0 Å². The van der Waals surface area contributed by atoms with E-state index in [1.54, 1.807) is 6.26 Å². The highest BCUT2D eigenvalue weighted by Gasteiger charge is 2.28. The molecule has 0 amide bonds. The Hall–Kier alpha value is -1.59. The zero-order chi connectivity index (χ0) is 13.9. The third-order valence-electron chi connectivity index (χ3n) is 3.91. The van der Waals surface area contributed by atoms with Gasteiger partial charge in [0.1, 0.15) is 17.6 Å². The van der Waals surface area contributed by atoms with Crippen molar-refractivity contribution in [3.63, 3.8) is 0 Å². The molecule has 2 atom stereocenters. The number of likely N-dealkylation sites (tertiary alicyclic amines) is 1. The summed E-state index contributed by atoms with van der Waals surface area (Å²) in [6, 6.07) is 5.97. The molecule has 1 N–H and O–H groups in total. The number of furan rings is 1. The van der Waals surface area contributed by atoms with Gasteiger partial charge in [0.2, 0.25) is 0 Å². The van der Waals surface area contributed by atoms with Gasteiger partial charge in [0.25, 0.3) is 0 Å². The standard InChI is InChI=1S/C15H20N2O3/c1-11-8-12(16-20-11)10-17-6-2-4-13(17)9-14(18)15-5-3-7-19-15/h3,5,7-8,13-14,18H,2,4,6,9-10H2,1H3. The van der Waals surface area contributed by atoms with E-state index in [0.717, 1.165) is 37.4 Å². The van der Waals surface area contributed by atoms with Crippen LogP contribution in [0, 0.1) is 6.92 Å². The Labute approximate surface area is 118 Å². The molecule has 2 unspecified atom stereocenters. The average molecular weight is 276 g/mol. The summed E-state index contributed by atoms with van der Waals surface area (Å²) in [6.45, 7) is 3.73. The van der Waals surface area contributed by atoms with E-state index in [1.807, 2.05) is 25.1 Å². The number of aryl methyl sites for hydroxylation is 1. The number of aliphatic hydroxyl groups is 1. The first-order valence-corrected chi connectivity index (χ1v) is 7.10. The molecule has 2 aromatic heterocycles. The van der Waals surface area contributed by atoms with Gasteiger partial charge in [-0.05, 0) is 44.9 Å².